The van der Waals surface area contributed by atoms with E-state index < -0.39 is 6.67 Å². The van der Waals surface area contributed by atoms with E-state index in [1.807, 2.05) is 30.3 Å². The molecule has 0 radical (unpaired) electrons. The quantitative estimate of drug-likeness (QED) is 0.610. The summed E-state index contributed by atoms with van der Waals surface area (Å²) in [6.07, 6.45) is 1.70. The number of alkyl halides is 1. The van der Waals surface area contributed by atoms with Crippen molar-refractivity contribution in [1.82, 2.24) is 0 Å². The van der Waals surface area contributed by atoms with Crippen molar-refractivity contribution < 1.29 is 4.39 Å². The monoisotopic (exact) mass is 165 g/mol. The van der Waals surface area contributed by atoms with Crippen LogP contribution in [0, 0.1) is 0 Å². The van der Waals surface area contributed by atoms with E-state index >= 15 is 0 Å². The van der Waals surface area contributed by atoms with E-state index in [0.717, 1.165) is 5.56 Å². The summed E-state index contributed by atoms with van der Waals surface area (Å²) in [6, 6.07) is 9.45. The lowest BCUT2D eigenvalue weighted by Crippen LogP contribution is -2.00. The van der Waals surface area contributed by atoms with Crippen LogP contribution in [-0.4, -0.2) is 18.9 Å². The van der Waals surface area contributed by atoms with Crippen LogP contribution in [-0.2, 0) is 0 Å². The van der Waals surface area contributed by atoms with E-state index in [0.29, 0.717) is 0 Å². The highest BCUT2D eigenvalue weighted by Gasteiger charge is 1.93. The Morgan fingerprint density at radius 2 is 2.08 bits per heavy atom. The molecule has 2 heteroatoms. The summed E-state index contributed by atoms with van der Waals surface area (Å²) in [5.41, 5.74) is 1.01. The van der Waals surface area contributed by atoms with E-state index in [4.69, 9.17) is 0 Å². The van der Waals surface area contributed by atoms with Gasteiger partial charge in [-0.15, -0.1) is 0 Å². The topological polar surface area (TPSA) is 12.4 Å². The number of hydrogen-bond donors (Lipinski definition) is 0. The lowest BCUT2D eigenvalue weighted by Gasteiger charge is -1.97. The van der Waals surface area contributed by atoms with Crippen molar-refractivity contribution in [1.29, 1.82) is 0 Å². The summed E-state index contributed by atoms with van der Waals surface area (Å²) in [4.78, 5) is 4.01. The van der Waals surface area contributed by atoms with Gasteiger partial charge in [0.05, 0.1) is 6.04 Å². The van der Waals surface area contributed by atoms with Crippen LogP contribution < -0.4 is 0 Å². The first-order valence-electron chi connectivity index (χ1n) is 3.97. The molecule has 1 atom stereocenters. The van der Waals surface area contributed by atoms with Gasteiger partial charge in [-0.3, -0.25) is 4.99 Å². The maximum atomic E-state index is 12.0. The van der Waals surface area contributed by atoms with Gasteiger partial charge < -0.3 is 0 Å². The SMILES string of the molecule is C[C@@H](CF)N=Cc1ccccc1. The van der Waals surface area contributed by atoms with Crippen LogP contribution in [0.15, 0.2) is 35.3 Å². The third kappa shape index (κ3) is 2.82. The molecular weight excluding hydrogens is 153 g/mol. The second-order valence-corrected chi connectivity index (χ2v) is 2.69. The van der Waals surface area contributed by atoms with Crippen LogP contribution in [0.1, 0.15) is 12.5 Å². The molecule has 1 aromatic carbocycles. The van der Waals surface area contributed by atoms with Gasteiger partial charge in [0, 0.05) is 6.21 Å². The zero-order chi connectivity index (χ0) is 8.81. The minimum absolute atomic E-state index is 0.231. The largest absolute Gasteiger partial charge is 0.287 e. The molecule has 0 unspecified atom stereocenters. The Balaban J connectivity index is 2.58. The number of hydrogen-bond acceptors (Lipinski definition) is 1. The Labute approximate surface area is 72.0 Å². The molecule has 12 heavy (non-hydrogen) atoms. The Kier molecular flexibility index (Phi) is 3.45. The molecule has 1 nitrogen and oxygen atoms in total. The van der Waals surface area contributed by atoms with Crippen molar-refractivity contribution in [3.8, 4) is 0 Å². The zero-order valence-electron chi connectivity index (χ0n) is 7.07. The molecule has 0 spiro atoms. The van der Waals surface area contributed by atoms with Gasteiger partial charge in [0.25, 0.3) is 0 Å². The molecule has 1 rings (SSSR count). The maximum absolute atomic E-state index is 12.0. The first kappa shape index (κ1) is 8.91. The Morgan fingerprint density at radius 1 is 1.42 bits per heavy atom. The van der Waals surface area contributed by atoms with Gasteiger partial charge in [0.1, 0.15) is 6.67 Å². The summed E-state index contributed by atoms with van der Waals surface area (Å²) < 4.78 is 12.0. The van der Waals surface area contributed by atoms with Crippen molar-refractivity contribution >= 4 is 6.21 Å². The molecule has 0 bridgehead atoms. The second-order valence-electron chi connectivity index (χ2n) is 2.69. The standard InChI is InChI=1S/C10H12FN/c1-9(7-11)12-8-10-5-3-2-4-6-10/h2-6,8-9H,7H2,1H3/t9-/m0/s1. The molecule has 0 aliphatic heterocycles. The molecule has 0 aromatic heterocycles. The fourth-order valence-electron chi connectivity index (χ4n) is 0.792. The molecule has 0 aliphatic carbocycles. The molecule has 0 amide bonds. The van der Waals surface area contributed by atoms with E-state index in [1.165, 1.54) is 0 Å². The highest BCUT2D eigenvalue weighted by atomic mass is 19.1. The normalized spacial score (nSPS) is 13.5. The fraction of sp³-hybridized carbons (Fsp3) is 0.300. The first-order valence-corrected chi connectivity index (χ1v) is 3.97. The first-order chi connectivity index (χ1) is 5.83. The predicted octanol–water partition coefficient (Wildman–Crippen LogP) is 2.46. The third-order valence-electron chi connectivity index (χ3n) is 1.50. The fourth-order valence-corrected chi connectivity index (χ4v) is 0.792. The molecule has 0 fully saturated rings. The summed E-state index contributed by atoms with van der Waals surface area (Å²) >= 11 is 0. The average molecular weight is 165 g/mol. The van der Waals surface area contributed by atoms with Crippen molar-refractivity contribution in [2.75, 3.05) is 6.67 Å². The lowest BCUT2D eigenvalue weighted by molar-refractivity contribution is 0.447. The van der Waals surface area contributed by atoms with Crippen molar-refractivity contribution in [2.45, 2.75) is 13.0 Å². The molecule has 0 heterocycles. The summed E-state index contributed by atoms with van der Waals surface area (Å²) in [6.45, 7) is 1.35. The highest BCUT2D eigenvalue weighted by Crippen LogP contribution is 1.96. The Bertz CT molecular complexity index is 243. The number of nitrogens with zero attached hydrogens (tertiary/aromatic N) is 1. The average Bonchev–Trinajstić information content (AvgIpc) is 2.16. The highest BCUT2D eigenvalue weighted by molar-refractivity contribution is 5.79. The smallest absolute Gasteiger partial charge is 0.111 e. The van der Waals surface area contributed by atoms with E-state index in [1.54, 1.807) is 13.1 Å². The van der Waals surface area contributed by atoms with Crippen LogP contribution in [0.4, 0.5) is 4.39 Å². The molecule has 0 saturated heterocycles. The van der Waals surface area contributed by atoms with Crippen molar-refractivity contribution in [2.24, 2.45) is 4.99 Å². The Morgan fingerprint density at radius 3 is 2.67 bits per heavy atom. The van der Waals surface area contributed by atoms with Crippen LogP contribution in [0.3, 0.4) is 0 Å². The number of rotatable bonds is 3. The van der Waals surface area contributed by atoms with Gasteiger partial charge in [-0.2, -0.15) is 0 Å². The van der Waals surface area contributed by atoms with Crippen molar-refractivity contribution in [3.63, 3.8) is 0 Å². The lowest BCUT2D eigenvalue weighted by atomic mass is 10.2. The van der Waals surface area contributed by atoms with E-state index in [2.05, 4.69) is 4.99 Å². The minimum Gasteiger partial charge on any atom is -0.287 e. The van der Waals surface area contributed by atoms with Gasteiger partial charge in [0.15, 0.2) is 0 Å². The van der Waals surface area contributed by atoms with Gasteiger partial charge in [-0.25, -0.2) is 4.39 Å². The van der Waals surface area contributed by atoms with Gasteiger partial charge in [0.2, 0.25) is 0 Å². The van der Waals surface area contributed by atoms with Gasteiger partial charge in [-0.1, -0.05) is 30.3 Å². The van der Waals surface area contributed by atoms with Crippen LogP contribution in [0.25, 0.3) is 0 Å². The summed E-state index contributed by atoms with van der Waals surface area (Å²) in [5.74, 6) is 0. The van der Waals surface area contributed by atoms with Crippen LogP contribution >= 0.6 is 0 Å². The molecular formula is C10H12FN. The second kappa shape index (κ2) is 4.65. The summed E-state index contributed by atoms with van der Waals surface area (Å²) in [7, 11) is 0. The maximum Gasteiger partial charge on any atom is 0.111 e. The Hall–Kier alpha value is -1.18. The molecule has 0 saturated carbocycles. The number of aliphatic imine (C=N–C) groups is 1. The number of halogens is 1. The molecule has 1 aromatic rings. The molecule has 0 aliphatic rings. The molecule has 0 N–H and O–H groups in total. The van der Waals surface area contributed by atoms with E-state index in [-0.39, 0.29) is 6.04 Å². The van der Waals surface area contributed by atoms with Gasteiger partial charge in [-0.05, 0) is 12.5 Å². The zero-order valence-corrected chi connectivity index (χ0v) is 7.07. The van der Waals surface area contributed by atoms with Crippen molar-refractivity contribution in [3.05, 3.63) is 35.9 Å². The molecule has 64 valence electrons. The minimum atomic E-state index is -0.399. The van der Waals surface area contributed by atoms with Crippen LogP contribution in [0.5, 0.6) is 0 Å². The summed E-state index contributed by atoms with van der Waals surface area (Å²) in [5, 5.41) is 0. The number of benzene rings is 1. The van der Waals surface area contributed by atoms with E-state index in [9.17, 15) is 4.39 Å². The predicted molar refractivity (Wildman–Crippen MR) is 49.5 cm³/mol. The third-order valence-corrected chi connectivity index (χ3v) is 1.50. The van der Waals surface area contributed by atoms with Crippen LogP contribution in [0.2, 0.25) is 0 Å². The van der Waals surface area contributed by atoms with Gasteiger partial charge >= 0.3 is 0 Å².